The molecule has 0 heterocycles. The summed E-state index contributed by atoms with van der Waals surface area (Å²) in [7, 11) is 2.18. The molecule has 0 saturated heterocycles. The predicted molar refractivity (Wildman–Crippen MR) is 70.1 cm³/mol. The highest BCUT2D eigenvalue weighted by Crippen LogP contribution is 2.23. The molecule has 0 bridgehead atoms. The fraction of sp³-hybridized carbons (Fsp3) is 0.571. The molecule has 0 radical (unpaired) electrons. The molecule has 3 heteroatoms. The maximum Gasteiger partial charge on any atom is 0.123 e. The van der Waals surface area contributed by atoms with Crippen molar-refractivity contribution in [1.29, 1.82) is 0 Å². The highest BCUT2D eigenvalue weighted by Gasteiger charge is 2.21. The molecule has 0 atom stereocenters. The quantitative estimate of drug-likeness (QED) is 0.818. The average molecular weight is 234 g/mol. The summed E-state index contributed by atoms with van der Waals surface area (Å²) in [6.45, 7) is 2.27. The number of para-hydroxylation sites is 1. The summed E-state index contributed by atoms with van der Waals surface area (Å²) in [5.41, 5.74) is 6.75. The Morgan fingerprint density at radius 2 is 2.12 bits per heavy atom. The molecule has 1 fully saturated rings. The van der Waals surface area contributed by atoms with Gasteiger partial charge >= 0.3 is 0 Å². The molecule has 2 N–H and O–H groups in total. The standard InChI is InChI=1S/C14H22N2O/c1-16(13-6-4-7-13)9-10-17-14-8-3-2-5-12(14)11-15/h2-3,5,8,13H,4,6-7,9-11,15H2,1H3. The van der Waals surface area contributed by atoms with Crippen LogP contribution in [-0.2, 0) is 6.54 Å². The molecule has 94 valence electrons. The van der Waals surface area contributed by atoms with Crippen LogP contribution in [-0.4, -0.2) is 31.1 Å². The van der Waals surface area contributed by atoms with Crippen molar-refractivity contribution in [3.63, 3.8) is 0 Å². The summed E-state index contributed by atoms with van der Waals surface area (Å²) >= 11 is 0. The second kappa shape index (κ2) is 6.03. The lowest BCUT2D eigenvalue weighted by Crippen LogP contribution is -2.39. The fourth-order valence-corrected chi connectivity index (χ4v) is 2.12. The van der Waals surface area contributed by atoms with Gasteiger partial charge in [0.05, 0.1) is 0 Å². The zero-order valence-electron chi connectivity index (χ0n) is 10.6. The molecule has 1 aromatic carbocycles. The van der Waals surface area contributed by atoms with Crippen molar-refractivity contribution < 1.29 is 4.74 Å². The number of likely N-dealkylation sites (N-methyl/N-ethyl adjacent to an activating group) is 1. The lowest BCUT2D eigenvalue weighted by atomic mass is 9.92. The van der Waals surface area contributed by atoms with Crippen LogP contribution in [0.15, 0.2) is 24.3 Å². The van der Waals surface area contributed by atoms with Crippen LogP contribution in [0.5, 0.6) is 5.75 Å². The second-order valence-corrected chi connectivity index (χ2v) is 4.73. The van der Waals surface area contributed by atoms with Crippen molar-refractivity contribution in [2.75, 3.05) is 20.2 Å². The molecule has 17 heavy (non-hydrogen) atoms. The lowest BCUT2D eigenvalue weighted by molar-refractivity contribution is 0.135. The van der Waals surface area contributed by atoms with E-state index in [4.69, 9.17) is 10.5 Å². The van der Waals surface area contributed by atoms with Gasteiger partial charge in [0.1, 0.15) is 12.4 Å². The summed E-state index contributed by atoms with van der Waals surface area (Å²) in [6, 6.07) is 8.78. The van der Waals surface area contributed by atoms with Crippen LogP contribution < -0.4 is 10.5 Å². The van der Waals surface area contributed by atoms with Crippen molar-refractivity contribution in [2.24, 2.45) is 5.73 Å². The van der Waals surface area contributed by atoms with Crippen LogP contribution >= 0.6 is 0 Å². The van der Waals surface area contributed by atoms with Crippen LogP contribution in [0.1, 0.15) is 24.8 Å². The minimum atomic E-state index is 0.536. The largest absolute Gasteiger partial charge is 0.492 e. The summed E-state index contributed by atoms with van der Waals surface area (Å²) in [6.07, 6.45) is 4.07. The number of hydrogen-bond acceptors (Lipinski definition) is 3. The highest BCUT2D eigenvalue weighted by molar-refractivity contribution is 5.32. The van der Waals surface area contributed by atoms with E-state index in [0.717, 1.165) is 30.5 Å². The first-order valence-corrected chi connectivity index (χ1v) is 6.42. The summed E-state index contributed by atoms with van der Waals surface area (Å²) in [5, 5.41) is 0. The Bertz CT molecular complexity index is 350. The molecule has 0 aromatic heterocycles. The Hall–Kier alpha value is -1.06. The molecule has 1 aromatic rings. The van der Waals surface area contributed by atoms with Crippen LogP contribution in [0, 0.1) is 0 Å². The third-order valence-electron chi connectivity index (χ3n) is 3.59. The zero-order chi connectivity index (χ0) is 12.1. The van der Waals surface area contributed by atoms with Crippen LogP contribution in [0.3, 0.4) is 0 Å². The van der Waals surface area contributed by atoms with E-state index in [1.807, 2.05) is 24.3 Å². The van der Waals surface area contributed by atoms with Crippen LogP contribution in [0.25, 0.3) is 0 Å². The van der Waals surface area contributed by atoms with Crippen molar-refractivity contribution in [1.82, 2.24) is 4.90 Å². The Morgan fingerprint density at radius 3 is 2.76 bits per heavy atom. The summed E-state index contributed by atoms with van der Waals surface area (Å²) < 4.78 is 5.80. The third-order valence-corrected chi connectivity index (χ3v) is 3.59. The molecule has 1 aliphatic rings. The van der Waals surface area contributed by atoms with Gasteiger partial charge in [-0.3, -0.25) is 0 Å². The molecule has 1 saturated carbocycles. The van der Waals surface area contributed by atoms with Gasteiger partial charge in [0.25, 0.3) is 0 Å². The summed E-state index contributed by atoms with van der Waals surface area (Å²) in [4.78, 5) is 2.40. The van der Waals surface area contributed by atoms with Gasteiger partial charge < -0.3 is 15.4 Å². The third kappa shape index (κ3) is 3.20. The van der Waals surface area contributed by atoms with Gasteiger partial charge in [-0.15, -0.1) is 0 Å². The van der Waals surface area contributed by atoms with Crippen LogP contribution in [0.2, 0.25) is 0 Å². The Morgan fingerprint density at radius 1 is 1.35 bits per heavy atom. The molecule has 0 aliphatic heterocycles. The molecule has 1 aliphatic carbocycles. The number of nitrogens with two attached hydrogens (primary N) is 1. The second-order valence-electron chi connectivity index (χ2n) is 4.73. The van der Waals surface area contributed by atoms with Crippen LogP contribution in [0.4, 0.5) is 0 Å². The van der Waals surface area contributed by atoms with Gasteiger partial charge in [0.2, 0.25) is 0 Å². The van der Waals surface area contributed by atoms with Gasteiger partial charge in [-0.1, -0.05) is 24.6 Å². The van der Waals surface area contributed by atoms with Gasteiger partial charge in [-0.2, -0.15) is 0 Å². The van der Waals surface area contributed by atoms with E-state index in [0.29, 0.717) is 6.54 Å². The van der Waals surface area contributed by atoms with E-state index < -0.39 is 0 Å². The van der Waals surface area contributed by atoms with Crippen molar-refractivity contribution in [3.05, 3.63) is 29.8 Å². The molecule has 2 rings (SSSR count). The zero-order valence-corrected chi connectivity index (χ0v) is 10.6. The molecular formula is C14H22N2O. The lowest BCUT2D eigenvalue weighted by Gasteiger charge is -2.34. The maximum atomic E-state index is 5.80. The van der Waals surface area contributed by atoms with E-state index in [1.54, 1.807) is 0 Å². The molecular weight excluding hydrogens is 212 g/mol. The van der Waals surface area contributed by atoms with E-state index in [-0.39, 0.29) is 0 Å². The first-order chi connectivity index (χ1) is 8.31. The smallest absolute Gasteiger partial charge is 0.123 e. The maximum absolute atomic E-state index is 5.80. The number of nitrogens with zero attached hydrogens (tertiary/aromatic N) is 1. The average Bonchev–Trinajstić information content (AvgIpc) is 2.27. The first kappa shape index (κ1) is 12.4. The molecule has 0 amide bonds. The van der Waals surface area contributed by atoms with Crippen molar-refractivity contribution in [2.45, 2.75) is 31.8 Å². The normalized spacial score (nSPS) is 15.9. The monoisotopic (exact) mass is 234 g/mol. The van der Waals surface area contributed by atoms with Gasteiger partial charge in [-0.25, -0.2) is 0 Å². The Balaban J connectivity index is 1.77. The topological polar surface area (TPSA) is 38.5 Å². The van der Waals surface area contributed by atoms with Crippen molar-refractivity contribution >= 4 is 0 Å². The highest BCUT2D eigenvalue weighted by atomic mass is 16.5. The number of ether oxygens (including phenoxy) is 1. The summed E-state index contributed by atoms with van der Waals surface area (Å²) in [5.74, 6) is 0.928. The molecule has 0 spiro atoms. The van der Waals surface area contributed by atoms with E-state index in [2.05, 4.69) is 11.9 Å². The molecule has 0 unspecified atom stereocenters. The van der Waals surface area contributed by atoms with Crippen molar-refractivity contribution in [3.8, 4) is 5.75 Å². The van der Waals surface area contributed by atoms with Gasteiger partial charge in [0.15, 0.2) is 0 Å². The minimum absolute atomic E-state index is 0.536. The van der Waals surface area contributed by atoms with Gasteiger partial charge in [0, 0.05) is 24.7 Å². The predicted octanol–water partition coefficient (Wildman–Crippen LogP) is 2.01. The van der Waals surface area contributed by atoms with E-state index in [1.165, 1.54) is 19.3 Å². The van der Waals surface area contributed by atoms with E-state index >= 15 is 0 Å². The van der Waals surface area contributed by atoms with E-state index in [9.17, 15) is 0 Å². The number of hydrogen-bond donors (Lipinski definition) is 1. The number of rotatable bonds is 6. The first-order valence-electron chi connectivity index (χ1n) is 6.42. The molecule has 3 nitrogen and oxygen atoms in total. The van der Waals surface area contributed by atoms with Gasteiger partial charge in [-0.05, 0) is 26.0 Å². The Labute approximate surface area is 104 Å². The fourth-order valence-electron chi connectivity index (χ4n) is 2.12. The SMILES string of the molecule is CN(CCOc1ccccc1CN)C1CCC1. The Kier molecular flexibility index (Phi) is 4.40. The minimum Gasteiger partial charge on any atom is -0.492 e. The number of benzene rings is 1.